The number of rotatable bonds is 6. The van der Waals surface area contributed by atoms with E-state index in [1.54, 1.807) is 36.4 Å². The highest BCUT2D eigenvalue weighted by molar-refractivity contribution is 7.80. The van der Waals surface area contributed by atoms with Crippen LogP contribution in [-0.2, 0) is 0 Å². The summed E-state index contributed by atoms with van der Waals surface area (Å²) < 4.78 is 5.59. The second-order valence-corrected chi connectivity index (χ2v) is 5.60. The van der Waals surface area contributed by atoms with Crippen LogP contribution in [0.1, 0.15) is 30.1 Å². The van der Waals surface area contributed by atoms with E-state index in [1.165, 1.54) is 6.07 Å². The van der Waals surface area contributed by atoms with Gasteiger partial charge in [0, 0.05) is 17.3 Å². The highest BCUT2D eigenvalue weighted by Crippen LogP contribution is 2.16. The summed E-state index contributed by atoms with van der Waals surface area (Å²) in [6, 6.07) is 13.4. The van der Waals surface area contributed by atoms with Gasteiger partial charge in [0.25, 0.3) is 5.91 Å². The van der Waals surface area contributed by atoms with Crippen molar-refractivity contribution >= 4 is 28.9 Å². The van der Waals surface area contributed by atoms with E-state index in [0.29, 0.717) is 23.6 Å². The third-order valence-electron chi connectivity index (χ3n) is 3.19. The first-order valence-corrected chi connectivity index (χ1v) is 8.13. The molecule has 6 heteroatoms. The van der Waals surface area contributed by atoms with Gasteiger partial charge in [-0.3, -0.25) is 10.1 Å². The number of hydrogen-bond donors (Lipinski definition) is 3. The van der Waals surface area contributed by atoms with Crippen molar-refractivity contribution in [3.63, 3.8) is 0 Å². The van der Waals surface area contributed by atoms with Gasteiger partial charge in [0.1, 0.15) is 11.5 Å². The molecular formula is C18H20N2O3S. The van der Waals surface area contributed by atoms with Gasteiger partial charge in [-0.15, -0.1) is 0 Å². The Bertz CT molecular complexity index is 719. The number of hydrogen-bond acceptors (Lipinski definition) is 4. The third kappa shape index (κ3) is 5.55. The fraction of sp³-hybridized carbons (Fsp3) is 0.222. The monoisotopic (exact) mass is 344 g/mol. The summed E-state index contributed by atoms with van der Waals surface area (Å²) >= 11 is 5.12. The summed E-state index contributed by atoms with van der Waals surface area (Å²) in [7, 11) is 0. The molecule has 126 valence electrons. The number of benzene rings is 2. The van der Waals surface area contributed by atoms with Crippen LogP contribution in [0.15, 0.2) is 48.5 Å². The Kier molecular flexibility index (Phi) is 6.57. The first-order chi connectivity index (χ1) is 11.6. The Morgan fingerprint density at radius 1 is 1.21 bits per heavy atom. The van der Waals surface area contributed by atoms with Crippen LogP contribution in [0.2, 0.25) is 0 Å². The molecule has 2 rings (SSSR count). The molecule has 2 aromatic rings. The molecular weight excluding hydrogens is 324 g/mol. The number of amides is 1. The molecule has 0 saturated heterocycles. The third-order valence-corrected chi connectivity index (χ3v) is 3.40. The van der Waals surface area contributed by atoms with E-state index in [4.69, 9.17) is 17.0 Å². The van der Waals surface area contributed by atoms with E-state index in [0.717, 1.165) is 12.8 Å². The minimum atomic E-state index is -0.325. The number of thiocarbonyl (C=S) groups is 1. The van der Waals surface area contributed by atoms with Gasteiger partial charge in [0.2, 0.25) is 0 Å². The summed E-state index contributed by atoms with van der Waals surface area (Å²) in [6.45, 7) is 2.71. The topological polar surface area (TPSA) is 70.6 Å². The number of nitrogens with one attached hydrogen (secondary N) is 2. The van der Waals surface area contributed by atoms with Crippen molar-refractivity contribution in [3.8, 4) is 11.5 Å². The Morgan fingerprint density at radius 3 is 2.75 bits per heavy atom. The van der Waals surface area contributed by atoms with E-state index in [2.05, 4.69) is 17.6 Å². The van der Waals surface area contributed by atoms with Crippen molar-refractivity contribution in [3.05, 3.63) is 54.1 Å². The highest BCUT2D eigenvalue weighted by atomic mass is 32.1. The van der Waals surface area contributed by atoms with Gasteiger partial charge in [-0.1, -0.05) is 25.5 Å². The molecule has 0 aliphatic heterocycles. The SMILES string of the molecule is CCCCOc1cccc(C(=O)NC(=S)Nc2cccc(O)c2)c1. The zero-order valence-corrected chi connectivity index (χ0v) is 14.2. The number of phenols is 1. The largest absolute Gasteiger partial charge is 0.508 e. The highest BCUT2D eigenvalue weighted by Gasteiger charge is 2.09. The molecule has 0 saturated carbocycles. The standard InChI is InChI=1S/C18H20N2O3S/c1-2-3-10-23-16-9-4-6-13(11-16)17(22)20-18(24)19-14-7-5-8-15(21)12-14/h4-9,11-12,21H,2-3,10H2,1H3,(H2,19,20,22,24). The number of carbonyl (C=O) groups excluding carboxylic acids is 1. The van der Waals surface area contributed by atoms with Crippen LogP contribution in [0.5, 0.6) is 11.5 Å². The molecule has 0 heterocycles. The van der Waals surface area contributed by atoms with E-state index in [9.17, 15) is 9.90 Å². The van der Waals surface area contributed by atoms with Crippen molar-refractivity contribution in [1.29, 1.82) is 0 Å². The molecule has 5 nitrogen and oxygen atoms in total. The number of phenolic OH excluding ortho intramolecular Hbond substituents is 1. The molecule has 24 heavy (non-hydrogen) atoms. The molecule has 1 amide bonds. The van der Waals surface area contributed by atoms with Crippen LogP contribution >= 0.6 is 12.2 Å². The van der Waals surface area contributed by atoms with Crippen molar-refractivity contribution in [2.24, 2.45) is 0 Å². The summed E-state index contributed by atoms with van der Waals surface area (Å²) in [5.41, 5.74) is 1.06. The van der Waals surface area contributed by atoms with Crippen molar-refractivity contribution in [2.45, 2.75) is 19.8 Å². The van der Waals surface area contributed by atoms with Crippen molar-refractivity contribution in [1.82, 2.24) is 5.32 Å². The van der Waals surface area contributed by atoms with Crippen LogP contribution in [0.4, 0.5) is 5.69 Å². The normalized spacial score (nSPS) is 10.0. The Balaban J connectivity index is 1.93. The van der Waals surface area contributed by atoms with Gasteiger partial charge in [0.15, 0.2) is 5.11 Å². The summed E-state index contributed by atoms with van der Waals surface area (Å²) in [6.07, 6.45) is 2.02. The fourth-order valence-electron chi connectivity index (χ4n) is 1.98. The molecule has 0 atom stereocenters. The molecule has 2 aromatic carbocycles. The predicted octanol–water partition coefficient (Wildman–Crippen LogP) is 3.70. The van der Waals surface area contributed by atoms with Crippen LogP contribution < -0.4 is 15.4 Å². The first-order valence-electron chi connectivity index (χ1n) is 7.72. The second kappa shape index (κ2) is 8.88. The lowest BCUT2D eigenvalue weighted by Crippen LogP contribution is -2.34. The van der Waals surface area contributed by atoms with Gasteiger partial charge in [-0.05, 0) is 49.0 Å². The van der Waals surface area contributed by atoms with Crippen molar-refractivity contribution in [2.75, 3.05) is 11.9 Å². The van der Waals surface area contributed by atoms with E-state index in [-0.39, 0.29) is 16.8 Å². The van der Waals surface area contributed by atoms with Crippen LogP contribution in [0.25, 0.3) is 0 Å². The summed E-state index contributed by atoms with van der Waals surface area (Å²) in [4.78, 5) is 12.3. The number of unbranched alkanes of at least 4 members (excludes halogenated alkanes) is 1. The van der Waals surface area contributed by atoms with Gasteiger partial charge in [0.05, 0.1) is 6.61 Å². The van der Waals surface area contributed by atoms with E-state index in [1.807, 2.05) is 6.07 Å². The number of anilines is 1. The average Bonchev–Trinajstić information content (AvgIpc) is 2.55. The quantitative estimate of drug-likeness (QED) is 0.551. The minimum absolute atomic E-state index is 0.117. The van der Waals surface area contributed by atoms with Crippen LogP contribution in [0.3, 0.4) is 0 Å². The molecule has 0 aromatic heterocycles. The second-order valence-electron chi connectivity index (χ2n) is 5.19. The van der Waals surface area contributed by atoms with Gasteiger partial charge >= 0.3 is 0 Å². The lowest BCUT2D eigenvalue weighted by molar-refractivity contribution is 0.0977. The molecule has 0 radical (unpaired) electrons. The van der Waals surface area contributed by atoms with E-state index >= 15 is 0 Å². The molecule has 0 aliphatic carbocycles. The zero-order chi connectivity index (χ0) is 17.4. The maximum Gasteiger partial charge on any atom is 0.257 e. The minimum Gasteiger partial charge on any atom is -0.508 e. The molecule has 0 spiro atoms. The Morgan fingerprint density at radius 2 is 2.00 bits per heavy atom. The van der Waals surface area contributed by atoms with Gasteiger partial charge < -0.3 is 15.2 Å². The lowest BCUT2D eigenvalue weighted by atomic mass is 10.2. The maximum absolute atomic E-state index is 12.3. The zero-order valence-electron chi connectivity index (χ0n) is 13.4. The molecule has 0 fully saturated rings. The van der Waals surface area contributed by atoms with Crippen molar-refractivity contribution < 1.29 is 14.6 Å². The average molecular weight is 344 g/mol. The Hall–Kier alpha value is -2.60. The van der Waals surface area contributed by atoms with Crippen LogP contribution in [-0.4, -0.2) is 22.7 Å². The van der Waals surface area contributed by atoms with Crippen LogP contribution in [0, 0.1) is 0 Å². The fourth-order valence-corrected chi connectivity index (χ4v) is 2.19. The van der Waals surface area contributed by atoms with Gasteiger partial charge in [-0.2, -0.15) is 0 Å². The molecule has 0 bridgehead atoms. The summed E-state index contributed by atoms with van der Waals surface area (Å²) in [5, 5.41) is 15.0. The molecule has 0 unspecified atom stereocenters. The predicted molar refractivity (Wildman–Crippen MR) is 98.6 cm³/mol. The smallest absolute Gasteiger partial charge is 0.257 e. The maximum atomic E-state index is 12.3. The number of aromatic hydroxyl groups is 1. The summed E-state index contributed by atoms with van der Waals surface area (Å²) in [5.74, 6) is 0.447. The number of ether oxygens (including phenoxy) is 1. The number of carbonyl (C=O) groups is 1. The molecule has 0 aliphatic rings. The first kappa shape index (κ1) is 17.7. The Labute approximate surface area is 146 Å². The van der Waals surface area contributed by atoms with E-state index < -0.39 is 0 Å². The lowest BCUT2D eigenvalue weighted by Gasteiger charge is -2.11. The molecule has 3 N–H and O–H groups in total. The van der Waals surface area contributed by atoms with Gasteiger partial charge in [-0.25, -0.2) is 0 Å².